The van der Waals surface area contributed by atoms with Crippen molar-refractivity contribution in [3.8, 4) is 5.75 Å². The van der Waals surface area contributed by atoms with Crippen molar-refractivity contribution in [1.29, 1.82) is 0 Å². The van der Waals surface area contributed by atoms with E-state index in [1.807, 2.05) is 6.92 Å². The Hall–Kier alpha value is -4.28. The van der Waals surface area contributed by atoms with Gasteiger partial charge in [-0.1, -0.05) is 29.4 Å². The normalized spacial score (nSPS) is 15.1. The SMILES string of the molecule is CCOc1ccccc1NC(=O)C1=C(C)Nc2nnnn2C1c1ccccc1[N+](=O)[O-]. The molecule has 0 aliphatic carbocycles. The Bertz CT molecular complexity index is 1190. The van der Waals surface area contributed by atoms with Gasteiger partial charge in [0.2, 0.25) is 5.95 Å². The van der Waals surface area contributed by atoms with Crippen LogP contribution in [0.15, 0.2) is 59.8 Å². The molecule has 2 N–H and O–H groups in total. The van der Waals surface area contributed by atoms with Crippen molar-refractivity contribution in [2.45, 2.75) is 19.9 Å². The number of nitrogens with zero attached hydrogens (tertiary/aromatic N) is 5. The standard InChI is InChI=1S/C20H19N7O4/c1-3-31-16-11-7-5-9-14(16)22-19(28)17-12(2)21-20-23-24-25-26(20)18(17)13-8-4-6-10-15(13)27(29)30/h4-11,18H,3H2,1-2H3,(H,22,28)(H,21,23,25). The maximum atomic E-state index is 13.4. The van der Waals surface area contributed by atoms with E-state index in [1.54, 1.807) is 49.4 Å². The zero-order valence-corrected chi connectivity index (χ0v) is 16.8. The minimum absolute atomic E-state index is 0.135. The van der Waals surface area contributed by atoms with Crippen LogP contribution in [-0.4, -0.2) is 37.6 Å². The van der Waals surface area contributed by atoms with Crippen molar-refractivity contribution in [3.63, 3.8) is 0 Å². The molecule has 2 aromatic carbocycles. The third kappa shape index (κ3) is 3.68. The molecule has 0 spiro atoms. The number of tetrazole rings is 1. The Kier molecular flexibility index (Phi) is 5.31. The van der Waals surface area contributed by atoms with Gasteiger partial charge in [0.05, 0.1) is 28.4 Å². The highest BCUT2D eigenvalue weighted by Gasteiger charge is 2.37. The molecule has 2 heterocycles. The van der Waals surface area contributed by atoms with E-state index < -0.39 is 16.9 Å². The van der Waals surface area contributed by atoms with E-state index in [0.29, 0.717) is 29.3 Å². The van der Waals surface area contributed by atoms with Gasteiger partial charge in [-0.05, 0) is 42.5 Å². The summed E-state index contributed by atoms with van der Waals surface area (Å²) < 4.78 is 6.94. The number of fused-ring (bicyclic) bond motifs is 1. The van der Waals surface area contributed by atoms with Gasteiger partial charge in [-0.15, -0.1) is 0 Å². The number of carbonyl (C=O) groups is 1. The molecule has 1 amide bonds. The summed E-state index contributed by atoms with van der Waals surface area (Å²) in [6, 6.07) is 12.4. The number of aromatic nitrogens is 4. The molecular formula is C20H19N7O4. The molecular weight excluding hydrogens is 402 g/mol. The first-order valence-corrected chi connectivity index (χ1v) is 9.53. The number of amides is 1. The summed E-state index contributed by atoms with van der Waals surface area (Å²) in [4.78, 5) is 24.6. The zero-order valence-electron chi connectivity index (χ0n) is 16.8. The molecule has 11 heteroatoms. The fourth-order valence-electron chi connectivity index (χ4n) is 3.52. The van der Waals surface area contributed by atoms with Crippen LogP contribution in [0, 0.1) is 10.1 Å². The topological polar surface area (TPSA) is 137 Å². The van der Waals surface area contributed by atoms with Gasteiger partial charge in [-0.3, -0.25) is 14.9 Å². The van der Waals surface area contributed by atoms with Crippen molar-refractivity contribution in [3.05, 3.63) is 75.5 Å². The lowest BCUT2D eigenvalue weighted by Gasteiger charge is -2.27. The van der Waals surface area contributed by atoms with Crippen molar-refractivity contribution >= 4 is 23.2 Å². The van der Waals surface area contributed by atoms with Gasteiger partial charge in [0, 0.05) is 11.8 Å². The lowest BCUT2D eigenvalue weighted by atomic mass is 9.93. The average molecular weight is 421 g/mol. The molecule has 0 radical (unpaired) electrons. The molecule has 3 aromatic rings. The number of nitrogens with one attached hydrogen (secondary N) is 2. The number of para-hydroxylation sites is 3. The fraction of sp³-hybridized carbons (Fsp3) is 0.200. The molecule has 1 aromatic heterocycles. The highest BCUT2D eigenvalue weighted by molar-refractivity contribution is 6.06. The first-order valence-electron chi connectivity index (χ1n) is 9.53. The van der Waals surface area contributed by atoms with Crippen LogP contribution in [0.1, 0.15) is 25.5 Å². The third-order valence-electron chi connectivity index (χ3n) is 4.82. The summed E-state index contributed by atoms with van der Waals surface area (Å²) in [5.41, 5.74) is 1.38. The van der Waals surface area contributed by atoms with Gasteiger partial charge >= 0.3 is 0 Å². The molecule has 31 heavy (non-hydrogen) atoms. The van der Waals surface area contributed by atoms with Gasteiger partial charge in [0.15, 0.2) is 0 Å². The predicted octanol–water partition coefficient (Wildman–Crippen LogP) is 2.91. The lowest BCUT2D eigenvalue weighted by molar-refractivity contribution is -0.385. The average Bonchev–Trinajstić information content (AvgIpc) is 3.22. The highest BCUT2D eigenvalue weighted by atomic mass is 16.6. The number of anilines is 2. The van der Waals surface area contributed by atoms with E-state index in [-0.39, 0.29) is 17.2 Å². The van der Waals surface area contributed by atoms with Crippen LogP contribution in [-0.2, 0) is 4.79 Å². The predicted molar refractivity (Wildman–Crippen MR) is 112 cm³/mol. The van der Waals surface area contributed by atoms with Crippen LogP contribution in [0.4, 0.5) is 17.3 Å². The quantitative estimate of drug-likeness (QED) is 0.458. The van der Waals surface area contributed by atoms with Crippen molar-refractivity contribution in [2.75, 3.05) is 17.2 Å². The van der Waals surface area contributed by atoms with E-state index in [4.69, 9.17) is 4.74 Å². The first-order chi connectivity index (χ1) is 15.0. The molecule has 4 rings (SSSR count). The van der Waals surface area contributed by atoms with Gasteiger partial charge in [-0.2, -0.15) is 4.68 Å². The highest BCUT2D eigenvalue weighted by Crippen LogP contribution is 2.39. The number of nitro benzene ring substituents is 1. The minimum Gasteiger partial charge on any atom is -0.492 e. The number of allylic oxidation sites excluding steroid dienone is 1. The van der Waals surface area contributed by atoms with E-state index in [9.17, 15) is 14.9 Å². The number of nitro groups is 1. The second-order valence-electron chi connectivity index (χ2n) is 6.71. The van der Waals surface area contributed by atoms with Crippen LogP contribution in [0.25, 0.3) is 0 Å². The molecule has 1 unspecified atom stereocenters. The molecule has 1 aliphatic heterocycles. The lowest BCUT2D eigenvalue weighted by Crippen LogP contribution is -2.32. The molecule has 0 bridgehead atoms. The van der Waals surface area contributed by atoms with E-state index >= 15 is 0 Å². The van der Waals surface area contributed by atoms with Gasteiger partial charge < -0.3 is 15.4 Å². The molecule has 0 saturated heterocycles. The summed E-state index contributed by atoms with van der Waals surface area (Å²) in [6.07, 6.45) is 0. The van der Waals surface area contributed by atoms with E-state index in [1.165, 1.54) is 10.7 Å². The molecule has 0 saturated carbocycles. The molecule has 1 atom stereocenters. The Balaban J connectivity index is 1.80. The smallest absolute Gasteiger partial charge is 0.275 e. The van der Waals surface area contributed by atoms with Crippen LogP contribution in [0.5, 0.6) is 5.75 Å². The molecule has 1 aliphatic rings. The summed E-state index contributed by atoms with van der Waals surface area (Å²) in [7, 11) is 0. The summed E-state index contributed by atoms with van der Waals surface area (Å²) >= 11 is 0. The molecule has 11 nitrogen and oxygen atoms in total. The fourth-order valence-corrected chi connectivity index (χ4v) is 3.52. The van der Waals surface area contributed by atoms with Gasteiger partial charge in [0.1, 0.15) is 11.8 Å². The van der Waals surface area contributed by atoms with E-state index in [0.717, 1.165) is 0 Å². The van der Waals surface area contributed by atoms with Crippen molar-refractivity contribution in [1.82, 2.24) is 20.2 Å². The van der Waals surface area contributed by atoms with Crippen LogP contribution < -0.4 is 15.4 Å². The Morgan fingerprint density at radius 2 is 2.00 bits per heavy atom. The molecule has 0 fully saturated rings. The zero-order chi connectivity index (χ0) is 22.0. The summed E-state index contributed by atoms with van der Waals surface area (Å²) in [6.45, 7) is 3.98. The first kappa shape index (κ1) is 20.0. The Morgan fingerprint density at radius 3 is 2.77 bits per heavy atom. The van der Waals surface area contributed by atoms with E-state index in [2.05, 4.69) is 26.2 Å². The minimum atomic E-state index is -0.896. The second kappa shape index (κ2) is 8.22. The number of hydrogen-bond acceptors (Lipinski definition) is 8. The van der Waals surface area contributed by atoms with Crippen molar-refractivity contribution < 1.29 is 14.5 Å². The molecule has 158 valence electrons. The number of ether oxygens (including phenoxy) is 1. The van der Waals surface area contributed by atoms with Crippen LogP contribution in [0.3, 0.4) is 0 Å². The summed E-state index contributed by atoms with van der Waals surface area (Å²) in [5, 5.41) is 29.1. The summed E-state index contributed by atoms with van der Waals surface area (Å²) in [5.74, 6) is 0.346. The Labute approximate surface area is 176 Å². The maximum Gasteiger partial charge on any atom is 0.275 e. The Morgan fingerprint density at radius 1 is 1.26 bits per heavy atom. The number of benzene rings is 2. The van der Waals surface area contributed by atoms with Crippen molar-refractivity contribution in [2.24, 2.45) is 0 Å². The number of hydrogen-bond donors (Lipinski definition) is 2. The monoisotopic (exact) mass is 421 g/mol. The largest absolute Gasteiger partial charge is 0.492 e. The number of carbonyl (C=O) groups excluding carboxylic acids is 1. The third-order valence-corrected chi connectivity index (χ3v) is 4.82. The van der Waals surface area contributed by atoms with Gasteiger partial charge in [0.25, 0.3) is 11.6 Å². The second-order valence-corrected chi connectivity index (χ2v) is 6.71. The maximum absolute atomic E-state index is 13.4. The van der Waals surface area contributed by atoms with Crippen LogP contribution in [0.2, 0.25) is 0 Å². The van der Waals surface area contributed by atoms with Crippen LogP contribution >= 0.6 is 0 Å². The number of rotatable bonds is 6. The van der Waals surface area contributed by atoms with Gasteiger partial charge in [-0.25, -0.2) is 0 Å².